The standard InChI is InChI=1S/C28H30FN3O4/c29-21-5-9-24(10-6-21)36-25-11-7-23(8-12-25)31-27(33)13-16-30-22-14-17-32(18-15-22)19-20-3-1-2-4-26(20)28(34)35/h1-12,22,30H,13-19H2,(H,31,33)(H,34,35). The number of likely N-dealkylation sites (tertiary alicyclic amines) is 1. The van der Waals surface area contributed by atoms with E-state index < -0.39 is 5.97 Å². The first kappa shape index (κ1) is 25.3. The predicted octanol–water partition coefficient (Wildman–Crippen LogP) is 4.90. The molecule has 3 N–H and O–H groups in total. The zero-order valence-corrected chi connectivity index (χ0v) is 20.0. The van der Waals surface area contributed by atoms with E-state index in [1.807, 2.05) is 12.1 Å². The number of nitrogens with zero attached hydrogens (tertiary/aromatic N) is 1. The average Bonchev–Trinajstić information content (AvgIpc) is 2.88. The largest absolute Gasteiger partial charge is 0.478 e. The van der Waals surface area contributed by atoms with E-state index in [1.165, 1.54) is 12.1 Å². The summed E-state index contributed by atoms with van der Waals surface area (Å²) in [6, 6.07) is 20.3. The number of benzene rings is 3. The van der Waals surface area contributed by atoms with E-state index >= 15 is 0 Å². The van der Waals surface area contributed by atoms with E-state index in [9.17, 15) is 19.1 Å². The summed E-state index contributed by atoms with van der Waals surface area (Å²) in [4.78, 5) is 26.0. The van der Waals surface area contributed by atoms with E-state index in [2.05, 4.69) is 15.5 Å². The molecule has 3 aromatic carbocycles. The topological polar surface area (TPSA) is 90.9 Å². The summed E-state index contributed by atoms with van der Waals surface area (Å²) in [6.45, 7) is 2.98. The van der Waals surface area contributed by atoms with Crippen LogP contribution in [0.2, 0.25) is 0 Å². The van der Waals surface area contributed by atoms with Crippen LogP contribution in [0.4, 0.5) is 10.1 Å². The first-order chi connectivity index (χ1) is 17.5. The minimum atomic E-state index is -0.894. The summed E-state index contributed by atoms with van der Waals surface area (Å²) >= 11 is 0. The van der Waals surface area contributed by atoms with E-state index in [0.29, 0.717) is 48.3 Å². The number of rotatable bonds is 10. The summed E-state index contributed by atoms with van der Waals surface area (Å²) in [7, 11) is 0. The average molecular weight is 492 g/mol. The summed E-state index contributed by atoms with van der Waals surface area (Å²) in [5.74, 6) is -0.152. The van der Waals surface area contributed by atoms with Gasteiger partial charge in [0.15, 0.2) is 0 Å². The first-order valence-electron chi connectivity index (χ1n) is 12.1. The number of carboxylic acid groups (broad SMARTS) is 1. The fraction of sp³-hybridized carbons (Fsp3) is 0.286. The maximum absolute atomic E-state index is 13.0. The number of aromatic carboxylic acids is 1. The molecule has 0 atom stereocenters. The molecule has 188 valence electrons. The number of amides is 1. The molecule has 3 aromatic rings. The second kappa shape index (κ2) is 12.3. The molecule has 0 spiro atoms. The van der Waals surface area contributed by atoms with Crippen molar-refractivity contribution in [1.82, 2.24) is 10.2 Å². The van der Waals surface area contributed by atoms with Gasteiger partial charge in [-0.05, 0) is 86.1 Å². The number of halogens is 1. The lowest BCUT2D eigenvalue weighted by Crippen LogP contribution is -2.43. The molecule has 1 aliphatic heterocycles. The Kier molecular flexibility index (Phi) is 8.65. The van der Waals surface area contributed by atoms with Gasteiger partial charge in [-0.25, -0.2) is 9.18 Å². The molecule has 7 nitrogen and oxygen atoms in total. The van der Waals surface area contributed by atoms with Crippen LogP contribution in [-0.2, 0) is 11.3 Å². The molecule has 0 radical (unpaired) electrons. The highest BCUT2D eigenvalue weighted by molar-refractivity contribution is 5.91. The molecule has 0 aromatic heterocycles. The SMILES string of the molecule is O=C(CCNC1CCN(Cc2ccccc2C(=O)O)CC1)Nc1ccc(Oc2ccc(F)cc2)cc1. The molecule has 1 saturated heterocycles. The number of carbonyl (C=O) groups excluding carboxylic acids is 1. The lowest BCUT2D eigenvalue weighted by molar-refractivity contribution is -0.116. The van der Waals surface area contributed by atoms with Gasteiger partial charge in [-0.15, -0.1) is 0 Å². The van der Waals surface area contributed by atoms with Crippen molar-refractivity contribution in [3.63, 3.8) is 0 Å². The maximum atomic E-state index is 13.0. The zero-order chi connectivity index (χ0) is 25.3. The van der Waals surface area contributed by atoms with Gasteiger partial charge in [0, 0.05) is 31.2 Å². The Morgan fingerprint density at radius 1 is 0.944 bits per heavy atom. The molecule has 1 fully saturated rings. The van der Waals surface area contributed by atoms with Crippen molar-refractivity contribution >= 4 is 17.6 Å². The Bertz CT molecular complexity index is 1160. The third kappa shape index (κ3) is 7.37. The van der Waals surface area contributed by atoms with Crippen LogP contribution in [0.15, 0.2) is 72.8 Å². The van der Waals surface area contributed by atoms with E-state index in [1.54, 1.807) is 48.5 Å². The third-order valence-corrected chi connectivity index (χ3v) is 6.20. The fourth-order valence-electron chi connectivity index (χ4n) is 4.26. The highest BCUT2D eigenvalue weighted by Crippen LogP contribution is 2.23. The van der Waals surface area contributed by atoms with Crippen LogP contribution in [0.5, 0.6) is 11.5 Å². The van der Waals surface area contributed by atoms with Gasteiger partial charge in [0.05, 0.1) is 5.56 Å². The number of carbonyl (C=O) groups is 2. The van der Waals surface area contributed by atoms with Crippen molar-refractivity contribution in [3.05, 3.63) is 89.7 Å². The van der Waals surface area contributed by atoms with E-state index in [-0.39, 0.29) is 11.7 Å². The summed E-state index contributed by atoms with van der Waals surface area (Å²) in [5.41, 5.74) is 1.88. The Balaban J connectivity index is 1.14. The summed E-state index contributed by atoms with van der Waals surface area (Å²) in [6.07, 6.45) is 2.26. The van der Waals surface area contributed by atoms with Gasteiger partial charge in [0.1, 0.15) is 17.3 Å². The summed E-state index contributed by atoms with van der Waals surface area (Å²) in [5, 5.41) is 15.7. The van der Waals surface area contributed by atoms with Crippen molar-refractivity contribution in [1.29, 1.82) is 0 Å². The Hall–Kier alpha value is -3.75. The van der Waals surface area contributed by atoms with Crippen molar-refractivity contribution in [2.75, 3.05) is 25.0 Å². The van der Waals surface area contributed by atoms with Gasteiger partial charge < -0.3 is 20.5 Å². The van der Waals surface area contributed by atoms with Crippen molar-refractivity contribution in [3.8, 4) is 11.5 Å². The van der Waals surface area contributed by atoms with Crippen LogP contribution in [-0.4, -0.2) is 47.6 Å². The molecule has 0 unspecified atom stereocenters. The molecule has 4 rings (SSSR count). The molecule has 0 aliphatic carbocycles. The van der Waals surface area contributed by atoms with Crippen LogP contribution < -0.4 is 15.4 Å². The van der Waals surface area contributed by atoms with Gasteiger partial charge in [-0.2, -0.15) is 0 Å². The van der Waals surface area contributed by atoms with Crippen LogP contribution >= 0.6 is 0 Å². The number of nitrogens with one attached hydrogen (secondary N) is 2. The molecule has 36 heavy (non-hydrogen) atoms. The zero-order valence-electron chi connectivity index (χ0n) is 20.0. The summed E-state index contributed by atoms with van der Waals surface area (Å²) < 4.78 is 18.7. The monoisotopic (exact) mass is 491 g/mol. The number of ether oxygens (including phenoxy) is 1. The van der Waals surface area contributed by atoms with Crippen molar-refractivity contribution in [2.45, 2.75) is 31.8 Å². The van der Waals surface area contributed by atoms with Crippen LogP contribution in [0.25, 0.3) is 0 Å². The number of hydrogen-bond acceptors (Lipinski definition) is 5. The quantitative estimate of drug-likeness (QED) is 0.374. The highest BCUT2D eigenvalue weighted by atomic mass is 19.1. The molecule has 0 bridgehead atoms. The van der Waals surface area contributed by atoms with E-state index in [0.717, 1.165) is 31.5 Å². The third-order valence-electron chi connectivity index (χ3n) is 6.20. The number of carboxylic acids is 1. The fourth-order valence-corrected chi connectivity index (χ4v) is 4.26. The van der Waals surface area contributed by atoms with Gasteiger partial charge in [0.25, 0.3) is 0 Å². The van der Waals surface area contributed by atoms with Gasteiger partial charge in [-0.3, -0.25) is 9.69 Å². The molecule has 1 heterocycles. The predicted molar refractivity (Wildman–Crippen MR) is 136 cm³/mol. The normalized spacial score (nSPS) is 14.4. The Labute approximate surface area is 209 Å². The maximum Gasteiger partial charge on any atom is 0.336 e. The molecular formula is C28H30FN3O4. The van der Waals surface area contributed by atoms with Gasteiger partial charge in [0.2, 0.25) is 5.91 Å². The molecular weight excluding hydrogens is 461 g/mol. The molecule has 1 amide bonds. The first-order valence-corrected chi connectivity index (χ1v) is 12.1. The van der Waals surface area contributed by atoms with Crippen LogP contribution in [0.1, 0.15) is 35.2 Å². The van der Waals surface area contributed by atoms with Gasteiger partial charge in [-0.1, -0.05) is 18.2 Å². The van der Waals surface area contributed by atoms with Crippen molar-refractivity contribution in [2.24, 2.45) is 0 Å². The lowest BCUT2D eigenvalue weighted by atomic mass is 10.0. The van der Waals surface area contributed by atoms with Crippen molar-refractivity contribution < 1.29 is 23.8 Å². The second-order valence-corrected chi connectivity index (χ2v) is 8.85. The molecule has 8 heteroatoms. The number of piperidine rings is 1. The van der Waals surface area contributed by atoms with Crippen LogP contribution in [0, 0.1) is 5.82 Å². The highest BCUT2D eigenvalue weighted by Gasteiger charge is 2.20. The molecule has 1 aliphatic rings. The Morgan fingerprint density at radius 3 is 2.25 bits per heavy atom. The number of anilines is 1. The van der Waals surface area contributed by atoms with E-state index in [4.69, 9.17) is 4.74 Å². The molecule has 0 saturated carbocycles. The smallest absolute Gasteiger partial charge is 0.336 e. The minimum Gasteiger partial charge on any atom is -0.478 e. The Morgan fingerprint density at radius 2 is 1.58 bits per heavy atom. The second-order valence-electron chi connectivity index (χ2n) is 8.85. The minimum absolute atomic E-state index is 0.0718. The van der Waals surface area contributed by atoms with Gasteiger partial charge >= 0.3 is 5.97 Å². The lowest BCUT2D eigenvalue weighted by Gasteiger charge is -2.32. The van der Waals surface area contributed by atoms with Crippen LogP contribution in [0.3, 0.4) is 0 Å². The number of hydrogen-bond donors (Lipinski definition) is 3.